The van der Waals surface area contributed by atoms with Crippen LogP contribution in [0.2, 0.25) is 0 Å². The quantitative estimate of drug-likeness (QED) is 0.275. The van der Waals surface area contributed by atoms with Crippen molar-refractivity contribution >= 4 is 0 Å². The maximum absolute atomic E-state index is 3.53. The van der Waals surface area contributed by atoms with Gasteiger partial charge in [0.15, 0.2) is 0 Å². The van der Waals surface area contributed by atoms with Gasteiger partial charge in [-0.3, -0.25) is 5.32 Å². The summed E-state index contributed by atoms with van der Waals surface area (Å²) in [7, 11) is 2.34. The Labute approximate surface area is 102 Å². The number of unbranched alkanes of at least 4 members (excludes halogenated alkanes) is 1. The van der Waals surface area contributed by atoms with Gasteiger partial charge in [-0.05, 0) is 38.8 Å². The lowest BCUT2D eigenvalue weighted by atomic mass is 10.3. The topological polar surface area (TPSA) is 12.0 Å². The van der Waals surface area contributed by atoms with Crippen LogP contribution in [0.15, 0.2) is 17.9 Å². The molecule has 0 aliphatic heterocycles. The number of rotatable bonds is 9. The fourth-order valence-electron chi connectivity index (χ4n) is 1.61. The zero-order chi connectivity index (χ0) is 12.3. The van der Waals surface area contributed by atoms with E-state index in [0.717, 1.165) is 24.1 Å². The van der Waals surface area contributed by atoms with Gasteiger partial charge in [0.05, 0.1) is 20.1 Å². The average Bonchev–Trinajstić information content (AvgIpc) is 2.31. The van der Waals surface area contributed by atoms with Crippen molar-refractivity contribution in [1.29, 1.82) is 0 Å². The molecule has 1 atom stereocenters. The third-order valence-corrected chi connectivity index (χ3v) is 3.06. The highest BCUT2D eigenvalue weighted by molar-refractivity contribution is 4.81. The molecule has 0 spiro atoms. The lowest BCUT2D eigenvalue weighted by Crippen LogP contribution is -2.50. The lowest BCUT2D eigenvalue weighted by Gasteiger charge is -2.33. The fourth-order valence-corrected chi connectivity index (χ4v) is 1.61. The zero-order valence-electron chi connectivity index (χ0n) is 11.6. The average molecular weight is 225 g/mol. The summed E-state index contributed by atoms with van der Waals surface area (Å²) in [6, 6.07) is 0. The van der Waals surface area contributed by atoms with E-state index in [9.17, 15) is 0 Å². The summed E-state index contributed by atoms with van der Waals surface area (Å²) in [5, 5.41) is 3.53. The number of nitrogens with zero attached hydrogens (tertiary/aromatic N) is 1. The molecule has 16 heavy (non-hydrogen) atoms. The Hall–Kier alpha value is -0.560. The van der Waals surface area contributed by atoms with Crippen molar-refractivity contribution in [2.75, 3.05) is 33.4 Å². The number of hydrogen-bond donors (Lipinski definition) is 1. The molecule has 0 amide bonds. The van der Waals surface area contributed by atoms with Crippen molar-refractivity contribution in [3.63, 3.8) is 0 Å². The standard InChI is InChI=1S/C14H29N2/c1-5-8-10-11-12-15-14-16(4,7-3)13-9-6-2/h5,10,15H,6-7,9,11-14H2,1-4H3/q+1. The summed E-state index contributed by atoms with van der Waals surface area (Å²) >= 11 is 0. The first-order valence-corrected chi connectivity index (χ1v) is 6.58. The minimum atomic E-state index is 1.06. The molecule has 1 N–H and O–H groups in total. The minimum Gasteiger partial charge on any atom is -0.314 e. The third kappa shape index (κ3) is 7.70. The maximum Gasteiger partial charge on any atom is 0.132 e. The molecule has 2 heteroatoms. The Kier molecular flexibility index (Phi) is 9.31. The molecule has 0 bridgehead atoms. The molecule has 0 saturated heterocycles. The van der Waals surface area contributed by atoms with Crippen LogP contribution in [0.25, 0.3) is 0 Å². The van der Waals surface area contributed by atoms with Crippen LogP contribution in [-0.2, 0) is 0 Å². The molecule has 0 saturated carbocycles. The van der Waals surface area contributed by atoms with E-state index in [0.29, 0.717) is 0 Å². The predicted molar refractivity (Wildman–Crippen MR) is 72.3 cm³/mol. The van der Waals surface area contributed by atoms with Gasteiger partial charge < -0.3 is 4.48 Å². The van der Waals surface area contributed by atoms with Crippen LogP contribution < -0.4 is 5.32 Å². The summed E-state index contributed by atoms with van der Waals surface area (Å²) in [5.41, 5.74) is 3.10. The third-order valence-electron chi connectivity index (χ3n) is 3.06. The summed E-state index contributed by atoms with van der Waals surface area (Å²) < 4.78 is 1.14. The van der Waals surface area contributed by atoms with Crippen LogP contribution in [0.4, 0.5) is 0 Å². The summed E-state index contributed by atoms with van der Waals surface area (Å²) in [4.78, 5) is 0. The van der Waals surface area contributed by atoms with E-state index in [4.69, 9.17) is 0 Å². The summed E-state index contributed by atoms with van der Waals surface area (Å²) in [5.74, 6) is 0. The van der Waals surface area contributed by atoms with Crippen LogP contribution in [-0.4, -0.2) is 37.8 Å². The van der Waals surface area contributed by atoms with Crippen molar-refractivity contribution in [3.8, 4) is 0 Å². The van der Waals surface area contributed by atoms with Crippen LogP contribution in [0.1, 0.15) is 40.0 Å². The number of nitrogens with one attached hydrogen (secondary N) is 1. The molecular weight excluding hydrogens is 196 g/mol. The van der Waals surface area contributed by atoms with Crippen molar-refractivity contribution in [1.82, 2.24) is 5.32 Å². The Bertz CT molecular complexity index is 217. The smallest absolute Gasteiger partial charge is 0.132 e. The molecule has 0 aromatic heterocycles. The Balaban J connectivity index is 3.72. The highest BCUT2D eigenvalue weighted by Crippen LogP contribution is 2.03. The van der Waals surface area contributed by atoms with Gasteiger partial charge >= 0.3 is 0 Å². The summed E-state index contributed by atoms with van der Waals surface area (Å²) in [6.45, 7) is 11.2. The molecule has 0 radical (unpaired) electrons. The van der Waals surface area contributed by atoms with Gasteiger partial charge in [0.25, 0.3) is 0 Å². The zero-order valence-corrected chi connectivity index (χ0v) is 11.6. The van der Waals surface area contributed by atoms with Gasteiger partial charge in [-0.1, -0.05) is 13.3 Å². The highest BCUT2D eigenvalue weighted by atomic mass is 15.4. The molecule has 2 nitrogen and oxygen atoms in total. The van der Waals surface area contributed by atoms with Crippen LogP contribution in [0.5, 0.6) is 0 Å². The molecule has 0 heterocycles. The van der Waals surface area contributed by atoms with E-state index < -0.39 is 0 Å². The molecule has 0 aliphatic carbocycles. The SMILES string of the molecule is CC=C=CCCNC[N+](C)(CC)CCCC. The van der Waals surface area contributed by atoms with E-state index in [2.05, 4.69) is 38.0 Å². The van der Waals surface area contributed by atoms with Crippen molar-refractivity contribution in [2.45, 2.75) is 40.0 Å². The molecule has 0 aromatic rings. The predicted octanol–water partition coefficient (Wildman–Crippen LogP) is 2.92. The van der Waals surface area contributed by atoms with E-state index in [1.54, 1.807) is 0 Å². The first kappa shape index (κ1) is 15.4. The van der Waals surface area contributed by atoms with Gasteiger partial charge in [0.1, 0.15) is 6.67 Å². The second-order valence-corrected chi connectivity index (χ2v) is 4.62. The van der Waals surface area contributed by atoms with E-state index >= 15 is 0 Å². The van der Waals surface area contributed by atoms with Crippen LogP contribution >= 0.6 is 0 Å². The van der Waals surface area contributed by atoms with Gasteiger partial charge in [-0.2, -0.15) is 0 Å². The Morgan fingerprint density at radius 2 is 2.06 bits per heavy atom. The van der Waals surface area contributed by atoms with E-state index in [-0.39, 0.29) is 0 Å². The minimum absolute atomic E-state index is 1.06. The molecule has 0 fully saturated rings. The van der Waals surface area contributed by atoms with E-state index in [1.165, 1.54) is 25.9 Å². The normalized spacial score (nSPS) is 14.0. The number of quaternary nitrogens is 1. The van der Waals surface area contributed by atoms with Crippen molar-refractivity contribution < 1.29 is 4.48 Å². The molecule has 0 rings (SSSR count). The van der Waals surface area contributed by atoms with Gasteiger partial charge in [-0.25, -0.2) is 0 Å². The lowest BCUT2D eigenvalue weighted by molar-refractivity contribution is -0.910. The van der Waals surface area contributed by atoms with Crippen LogP contribution in [0.3, 0.4) is 0 Å². The first-order valence-electron chi connectivity index (χ1n) is 6.58. The summed E-state index contributed by atoms with van der Waals surface area (Å²) in [6.07, 6.45) is 7.73. The molecule has 0 aliphatic rings. The molecular formula is C14H29N2+. The molecule has 1 unspecified atom stereocenters. The first-order chi connectivity index (χ1) is 7.68. The second kappa shape index (κ2) is 9.65. The van der Waals surface area contributed by atoms with Crippen molar-refractivity contribution in [2.24, 2.45) is 0 Å². The number of hydrogen-bond acceptors (Lipinski definition) is 1. The molecule has 94 valence electrons. The van der Waals surface area contributed by atoms with Crippen molar-refractivity contribution in [3.05, 3.63) is 17.9 Å². The largest absolute Gasteiger partial charge is 0.314 e. The van der Waals surface area contributed by atoms with Gasteiger partial charge in [-0.15, -0.1) is 5.73 Å². The molecule has 0 aromatic carbocycles. The Morgan fingerprint density at radius 3 is 2.62 bits per heavy atom. The Morgan fingerprint density at radius 1 is 1.31 bits per heavy atom. The van der Waals surface area contributed by atoms with Gasteiger partial charge in [0, 0.05) is 6.54 Å². The second-order valence-electron chi connectivity index (χ2n) is 4.62. The van der Waals surface area contributed by atoms with Gasteiger partial charge in [0.2, 0.25) is 0 Å². The van der Waals surface area contributed by atoms with Crippen LogP contribution in [0, 0.1) is 0 Å². The highest BCUT2D eigenvalue weighted by Gasteiger charge is 2.16. The fraction of sp³-hybridized carbons (Fsp3) is 0.786. The monoisotopic (exact) mass is 225 g/mol. The maximum atomic E-state index is 3.53. The van der Waals surface area contributed by atoms with E-state index in [1.807, 2.05) is 13.0 Å².